The van der Waals surface area contributed by atoms with Crippen molar-refractivity contribution < 1.29 is 21.9 Å². The van der Waals surface area contributed by atoms with E-state index in [1.54, 1.807) is 48.5 Å². The van der Waals surface area contributed by atoms with Crippen molar-refractivity contribution in [2.24, 2.45) is 0 Å². The Balaban J connectivity index is 2.16. The number of sulfonamides is 2. The SMILES string of the molecule is O=S(=O)(c1ccccc1)N(c1cccc(CCCCO)c1)S(=O)(=O)c1ccccc1. The van der Waals surface area contributed by atoms with Crippen molar-refractivity contribution >= 4 is 25.7 Å². The maximum Gasteiger partial charge on any atom is 0.277 e. The van der Waals surface area contributed by atoms with Crippen LogP contribution in [-0.2, 0) is 26.5 Å². The number of unbranched alkanes of at least 4 members (excludes halogenated alkanes) is 1. The standard InChI is InChI=1S/C22H23NO5S2/c24-17-8-7-10-19-11-9-12-20(18-19)23(29(25,26)21-13-3-1-4-14-21)30(27,28)22-15-5-2-6-16-22/h1-6,9,11-16,18,24H,7-8,10,17H2. The molecule has 0 aromatic heterocycles. The first-order valence-electron chi connectivity index (χ1n) is 9.48. The Bertz CT molecular complexity index is 1110. The van der Waals surface area contributed by atoms with Crippen molar-refractivity contribution in [3.05, 3.63) is 90.5 Å². The van der Waals surface area contributed by atoms with Gasteiger partial charge in [-0.2, -0.15) is 3.71 Å². The van der Waals surface area contributed by atoms with E-state index in [-0.39, 0.29) is 22.1 Å². The molecule has 8 heteroatoms. The van der Waals surface area contributed by atoms with E-state index in [1.165, 1.54) is 30.3 Å². The van der Waals surface area contributed by atoms with Crippen LogP contribution in [0.5, 0.6) is 0 Å². The number of anilines is 1. The number of hydrogen-bond acceptors (Lipinski definition) is 5. The Morgan fingerprint density at radius 3 is 1.70 bits per heavy atom. The van der Waals surface area contributed by atoms with Crippen LogP contribution in [-0.4, -0.2) is 28.5 Å². The fourth-order valence-corrected chi connectivity index (χ4v) is 6.77. The van der Waals surface area contributed by atoms with E-state index in [0.29, 0.717) is 23.0 Å². The maximum absolute atomic E-state index is 13.4. The van der Waals surface area contributed by atoms with Gasteiger partial charge in [-0.15, -0.1) is 0 Å². The van der Waals surface area contributed by atoms with Crippen LogP contribution in [0, 0.1) is 0 Å². The van der Waals surface area contributed by atoms with E-state index in [1.807, 2.05) is 6.07 Å². The molecule has 0 aliphatic rings. The van der Waals surface area contributed by atoms with Gasteiger partial charge in [0.1, 0.15) is 0 Å². The summed E-state index contributed by atoms with van der Waals surface area (Å²) in [6.45, 7) is 0.0661. The molecule has 158 valence electrons. The number of rotatable bonds is 9. The van der Waals surface area contributed by atoms with Crippen LogP contribution in [0.4, 0.5) is 5.69 Å². The van der Waals surface area contributed by atoms with Gasteiger partial charge >= 0.3 is 0 Å². The van der Waals surface area contributed by atoms with Crippen LogP contribution in [0.15, 0.2) is 94.7 Å². The predicted molar refractivity (Wildman–Crippen MR) is 116 cm³/mol. The Labute approximate surface area is 177 Å². The molecule has 0 bridgehead atoms. The van der Waals surface area contributed by atoms with E-state index in [2.05, 4.69) is 0 Å². The minimum absolute atomic E-state index is 0.0456. The second-order valence-electron chi connectivity index (χ2n) is 6.68. The van der Waals surface area contributed by atoms with Crippen LogP contribution in [0.3, 0.4) is 0 Å². The van der Waals surface area contributed by atoms with E-state index in [4.69, 9.17) is 5.11 Å². The van der Waals surface area contributed by atoms with Gasteiger partial charge in [-0.25, -0.2) is 16.8 Å². The molecule has 0 spiro atoms. The van der Waals surface area contributed by atoms with Crippen LogP contribution >= 0.6 is 0 Å². The molecular formula is C22H23NO5S2. The van der Waals surface area contributed by atoms with Crippen LogP contribution < -0.4 is 3.71 Å². The molecule has 3 aromatic rings. The molecule has 0 amide bonds. The Morgan fingerprint density at radius 1 is 0.667 bits per heavy atom. The second kappa shape index (κ2) is 9.42. The van der Waals surface area contributed by atoms with E-state index in [9.17, 15) is 16.8 Å². The van der Waals surface area contributed by atoms with Crippen molar-refractivity contribution in [1.29, 1.82) is 0 Å². The molecule has 0 saturated heterocycles. The molecule has 0 aliphatic heterocycles. The van der Waals surface area contributed by atoms with Crippen molar-refractivity contribution in [1.82, 2.24) is 0 Å². The van der Waals surface area contributed by atoms with Gasteiger partial charge in [-0.1, -0.05) is 48.5 Å². The molecular weight excluding hydrogens is 422 g/mol. The highest BCUT2D eigenvalue weighted by Gasteiger charge is 2.36. The van der Waals surface area contributed by atoms with Gasteiger partial charge in [0.2, 0.25) is 0 Å². The minimum atomic E-state index is -4.40. The third kappa shape index (κ3) is 4.72. The lowest BCUT2D eigenvalue weighted by Crippen LogP contribution is -2.37. The summed E-state index contributed by atoms with van der Waals surface area (Å²) in [4.78, 5) is -0.231. The first-order chi connectivity index (χ1) is 14.4. The molecule has 0 atom stereocenters. The minimum Gasteiger partial charge on any atom is -0.396 e. The number of aliphatic hydroxyl groups excluding tert-OH is 1. The summed E-state index contributed by atoms with van der Waals surface area (Å²) in [6.07, 6.45) is 1.91. The molecule has 6 nitrogen and oxygen atoms in total. The van der Waals surface area contributed by atoms with Gasteiger partial charge in [0.15, 0.2) is 0 Å². The number of aryl methyl sites for hydroxylation is 1. The zero-order chi connectivity index (χ0) is 21.6. The summed E-state index contributed by atoms with van der Waals surface area (Å²) in [7, 11) is -8.79. The molecule has 30 heavy (non-hydrogen) atoms. The molecule has 0 unspecified atom stereocenters. The molecule has 3 aromatic carbocycles. The summed E-state index contributed by atoms with van der Waals surface area (Å²) in [5.74, 6) is 0. The smallest absolute Gasteiger partial charge is 0.277 e. The second-order valence-corrected chi connectivity index (χ2v) is 10.5. The topological polar surface area (TPSA) is 91.8 Å². The van der Waals surface area contributed by atoms with Gasteiger partial charge in [-0.05, 0) is 61.2 Å². The average Bonchev–Trinajstić information content (AvgIpc) is 2.75. The van der Waals surface area contributed by atoms with Gasteiger partial charge < -0.3 is 5.11 Å². The van der Waals surface area contributed by atoms with Crippen molar-refractivity contribution in [2.75, 3.05) is 10.3 Å². The number of hydrogen-bond donors (Lipinski definition) is 1. The van der Waals surface area contributed by atoms with Gasteiger partial charge in [0.05, 0.1) is 15.5 Å². The summed E-state index contributed by atoms with van der Waals surface area (Å²) >= 11 is 0. The predicted octanol–water partition coefficient (Wildman–Crippen LogP) is 3.59. The van der Waals surface area contributed by atoms with E-state index in [0.717, 1.165) is 5.56 Å². The summed E-state index contributed by atoms with van der Waals surface area (Å²) in [6, 6.07) is 21.5. The first-order valence-corrected chi connectivity index (χ1v) is 12.4. The van der Waals surface area contributed by atoms with Crippen LogP contribution in [0.1, 0.15) is 18.4 Å². The molecule has 3 rings (SSSR count). The van der Waals surface area contributed by atoms with Crippen LogP contribution in [0.2, 0.25) is 0 Å². The Morgan fingerprint density at radius 2 is 1.20 bits per heavy atom. The molecule has 0 radical (unpaired) electrons. The monoisotopic (exact) mass is 445 g/mol. The quantitative estimate of drug-likeness (QED) is 0.508. The van der Waals surface area contributed by atoms with Crippen molar-refractivity contribution in [3.63, 3.8) is 0 Å². The molecule has 0 heterocycles. The van der Waals surface area contributed by atoms with E-state index >= 15 is 0 Å². The van der Waals surface area contributed by atoms with E-state index < -0.39 is 20.0 Å². The zero-order valence-corrected chi connectivity index (χ0v) is 17.9. The van der Waals surface area contributed by atoms with Gasteiger partial charge in [0, 0.05) is 6.61 Å². The van der Waals surface area contributed by atoms with Gasteiger partial charge in [0.25, 0.3) is 20.0 Å². The molecule has 1 N–H and O–H groups in total. The fraction of sp³-hybridized carbons (Fsp3) is 0.182. The third-order valence-electron chi connectivity index (χ3n) is 4.51. The highest BCUT2D eigenvalue weighted by molar-refractivity contribution is 8.10. The molecule has 0 saturated carbocycles. The largest absolute Gasteiger partial charge is 0.396 e. The highest BCUT2D eigenvalue weighted by Crippen LogP contribution is 2.31. The normalized spacial score (nSPS) is 11.9. The number of aliphatic hydroxyl groups is 1. The molecule has 0 aliphatic carbocycles. The first kappa shape index (κ1) is 22.0. The van der Waals surface area contributed by atoms with Crippen molar-refractivity contribution in [3.8, 4) is 0 Å². The average molecular weight is 446 g/mol. The fourth-order valence-electron chi connectivity index (χ4n) is 3.05. The lowest BCUT2D eigenvalue weighted by atomic mass is 10.1. The van der Waals surface area contributed by atoms with Gasteiger partial charge in [-0.3, -0.25) is 0 Å². The summed E-state index contributed by atoms with van der Waals surface area (Å²) in [5, 5.41) is 8.99. The number of nitrogens with zero attached hydrogens (tertiary/aromatic N) is 1. The summed E-state index contributed by atoms with van der Waals surface area (Å²) < 4.78 is 54.3. The highest BCUT2D eigenvalue weighted by atomic mass is 32.3. The van der Waals surface area contributed by atoms with Crippen molar-refractivity contribution in [2.45, 2.75) is 29.1 Å². The molecule has 0 fully saturated rings. The Hall–Kier alpha value is -2.68. The third-order valence-corrected chi connectivity index (χ3v) is 8.72. The lowest BCUT2D eigenvalue weighted by molar-refractivity contribution is 0.284. The Kier molecular flexibility index (Phi) is 6.91. The zero-order valence-electron chi connectivity index (χ0n) is 16.3. The lowest BCUT2D eigenvalue weighted by Gasteiger charge is -2.24. The summed E-state index contributed by atoms with van der Waals surface area (Å²) in [5.41, 5.74) is 0.835. The maximum atomic E-state index is 13.4. The number of benzene rings is 3. The van der Waals surface area contributed by atoms with Crippen LogP contribution in [0.25, 0.3) is 0 Å².